The average Bonchev–Trinajstić information content (AvgIpc) is 2.85. The summed E-state index contributed by atoms with van der Waals surface area (Å²) in [5, 5.41) is 3.60. The summed E-state index contributed by atoms with van der Waals surface area (Å²) < 4.78 is 29.0. The van der Waals surface area contributed by atoms with Crippen LogP contribution < -0.4 is 9.62 Å². The Morgan fingerprint density at radius 2 is 1.45 bits per heavy atom. The molecule has 0 aliphatic heterocycles. The fourth-order valence-electron chi connectivity index (χ4n) is 4.28. The first-order valence-corrected chi connectivity index (χ1v) is 15.1. The number of carbonyl (C=O) groups is 2. The Balaban J connectivity index is 2.09. The molecule has 0 saturated carbocycles. The van der Waals surface area contributed by atoms with Crippen molar-refractivity contribution in [2.24, 2.45) is 0 Å². The van der Waals surface area contributed by atoms with E-state index in [1.54, 1.807) is 49.4 Å². The molecule has 3 rings (SSSR count). The molecule has 1 N–H and O–H groups in total. The Labute approximate surface area is 247 Å². The third-order valence-electron chi connectivity index (χ3n) is 6.34. The van der Waals surface area contributed by atoms with Gasteiger partial charge >= 0.3 is 0 Å². The quantitative estimate of drug-likeness (QED) is 0.305. The Morgan fingerprint density at radius 3 is 2.00 bits per heavy atom. The molecule has 3 aromatic rings. The lowest BCUT2D eigenvalue weighted by atomic mass is 10.1. The molecule has 3 aromatic carbocycles. The zero-order valence-electron chi connectivity index (χ0n) is 23.5. The van der Waals surface area contributed by atoms with Crippen LogP contribution in [0.3, 0.4) is 0 Å². The Kier molecular flexibility index (Phi) is 10.3. The first kappa shape index (κ1) is 31.5. The van der Waals surface area contributed by atoms with Crippen molar-refractivity contribution in [1.29, 1.82) is 0 Å². The van der Waals surface area contributed by atoms with E-state index >= 15 is 0 Å². The number of halogens is 2. The van der Waals surface area contributed by atoms with Crippen molar-refractivity contribution in [1.82, 2.24) is 10.2 Å². The number of sulfonamides is 1. The highest BCUT2D eigenvalue weighted by Crippen LogP contribution is 2.28. The largest absolute Gasteiger partial charge is 0.352 e. The smallest absolute Gasteiger partial charge is 0.264 e. The maximum Gasteiger partial charge on any atom is 0.264 e. The second-order valence-electron chi connectivity index (χ2n) is 10.3. The van der Waals surface area contributed by atoms with Crippen molar-refractivity contribution in [2.75, 3.05) is 10.8 Å². The zero-order chi connectivity index (χ0) is 29.8. The van der Waals surface area contributed by atoms with Gasteiger partial charge in [-0.15, -0.1) is 0 Å². The summed E-state index contributed by atoms with van der Waals surface area (Å²) in [6.07, 6.45) is 0. The Hall–Kier alpha value is -3.07. The maximum atomic E-state index is 14.0. The highest BCUT2D eigenvalue weighted by molar-refractivity contribution is 7.92. The average molecular weight is 605 g/mol. The molecule has 0 saturated heterocycles. The highest BCUT2D eigenvalue weighted by atomic mass is 35.5. The van der Waals surface area contributed by atoms with Crippen molar-refractivity contribution in [3.63, 3.8) is 0 Å². The minimum Gasteiger partial charge on any atom is -0.352 e. The zero-order valence-corrected chi connectivity index (χ0v) is 25.9. The van der Waals surface area contributed by atoms with Gasteiger partial charge < -0.3 is 10.2 Å². The van der Waals surface area contributed by atoms with E-state index in [4.69, 9.17) is 23.2 Å². The number of aryl methyl sites for hydroxylation is 3. The molecule has 0 spiro atoms. The van der Waals surface area contributed by atoms with E-state index in [0.29, 0.717) is 21.3 Å². The van der Waals surface area contributed by atoms with Crippen molar-refractivity contribution in [3.8, 4) is 0 Å². The normalized spacial score (nSPS) is 12.2. The first-order valence-electron chi connectivity index (χ1n) is 12.9. The lowest BCUT2D eigenvalue weighted by Crippen LogP contribution is -2.52. The molecular weight excluding hydrogens is 569 g/mol. The van der Waals surface area contributed by atoms with E-state index in [1.165, 1.54) is 17.0 Å². The van der Waals surface area contributed by atoms with Crippen LogP contribution in [0.2, 0.25) is 10.0 Å². The molecule has 7 nitrogen and oxygen atoms in total. The third kappa shape index (κ3) is 7.77. The monoisotopic (exact) mass is 603 g/mol. The molecule has 0 aliphatic rings. The summed E-state index contributed by atoms with van der Waals surface area (Å²) in [6, 6.07) is 15.7. The third-order valence-corrected chi connectivity index (χ3v) is 8.71. The summed E-state index contributed by atoms with van der Waals surface area (Å²) >= 11 is 12.5. The Bertz CT molecular complexity index is 1470. The standard InChI is InChI=1S/C30H35Cl2N3O4S/c1-19(2)33-30(37)23(6)34(17-24-9-10-25(31)16-28(24)32)29(36)18-35(26-14-21(4)13-22(5)15-26)40(38,39)27-11-7-20(3)8-12-27/h7-16,19,23H,17-18H2,1-6H3,(H,33,37)/t23-/m0/s1. The molecule has 0 radical (unpaired) electrons. The van der Waals surface area contributed by atoms with Crippen LogP contribution in [0.5, 0.6) is 0 Å². The predicted molar refractivity (Wildman–Crippen MR) is 161 cm³/mol. The number of nitrogens with one attached hydrogen (secondary N) is 1. The maximum absolute atomic E-state index is 14.0. The van der Waals surface area contributed by atoms with Gasteiger partial charge in [0.2, 0.25) is 11.8 Å². The number of amides is 2. The SMILES string of the molecule is Cc1ccc(S(=O)(=O)N(CC(=O)N(Cc2ccc(Cl)cc2Cl)[C@@H](C)C(=O)NC(C)C)c2cc(C)cc(C)c2)cc1. The molecule has 1 atom stereocenters. The summed E-state index contributed by atoms with van der Waals surface area (Å²) in [7, 11) is -4.14. The van der Waals surface area contributed by atoms with Gasteiger partial charge in [-0.3, -0.25) is 13.9 Å². The van der Waals surface area contributed by atoms with Crippen LogP contribution in [-0.2, 0) is 26.2 Å². The number of hydrogen-bond donors (Lipinski definition) is 1. The molecule has 10 heteroatoms. The minimum atomic E-state index is -4.14. The molecule has 2 amide bonds. The minimum absolute atomic E-state index is 0.0210. The van der Waals surface area contributed by atoms with Gasteiger partial charge in [-0.1, -0.05) is 53.0 Å². The Morgan fingerprint density at radius 1 is 0.850 bits per heavy atom. The van der Waals surface area contributed by atoms with Crippen LogP contribution in [0, 0.1) is 20.8 Å². The molecule has 0 fully saturated rings. The van der Waals surface area contributed by atoms with E-state index in [9.17, 15) is 18.0 Å². The molecule has 0 heterocycles. The van der Waals surface area contributed by atoms with Gasteiger partial charge in [-0.2, -0.15) is 0 Å². The van der Waals surface area contributed by atoms with E-state index in [1.807, 2.05) is 40.7 Å². The van der Waals surface area contributed by atoms with Crippen molar-refractivity contribution in [3.05, 3.63) is 93.0 Å². The van der Waals surface area contributed by atoms with Crippen LogP contribution >= 0.6 is 23.2 Å². The fraction of sp³-hybridized carbons (Fsp3) is 0.333. The topological polar surface area (TPSA) is 86.8 Å². The number of carbonyl (C=O) groups excluding carboxylic acids is 2. The fourth-order valence-corrected chi connectivity index (χ4v) is 6.15. The summed E-state index contributed by atoms with van der Waals surface area (Å²) in [4.78, 5) is 28.4. The summed E-state index contributed by atoms with van der Waals surface area (Å²) in [5.74, 6) is -0.931. The molecule has 40 heavy (non-hydrogen) atoms. The van der Waals surface area contributed by atoms with Gasteiger partial charge in [0.25, 0.3) is 10.0 Å². The first-order chi connectivity index (χ1) is 18.7. The number of hydrogen-bond acceptors (Lipinski definition) is 4. The number of anilines is 1. The second-order valence-corrected chi connectivity index (χ2v) is 13.0. The van der Waals surface area contributed by atoms with E-state index in [-0.39, 0.29) is 23.4 Å². The molecule has 214 valence electrons. The lowest BCUT2D eigenvalue weighted by Gasteiger charge is -2.32. The van der Waals surface area contributed by atoms with Crippen LogP contribution in [0.1, 0.15) is 43.0 Å². The van der Waals surface area contributed by atoms with Gasteiger partial charge in [-0.05, 0) is 94.6 Å². The molecular formula is C30H35Cl2N3O4S. The summed E-state index contributed by atoms with van der Waals surface area (Å²) in [6.45, 7) is 10.3. The lowest BCUT2D eigenvalue weighted by molar-refractivity contribution is -0.139. The van der Waals surface area contributed by atoms with Crippen LogP contribution in [0.15, 0.2) is 65.6 Å². The second kappa shape index (κ2) is 13.1. The van der Waals surface area contributed by atoms with E-state index in [0.717, 1.165) is 21.0 Å². The van der Waals surface area contributed by atoms with Gasteiger partial charge in [0.15, 0.2) is 0 Å². The van der Waals surface area contributed by atoms with Crippen LogP contribution in [-0.4, -0.2) is 43.8 Å². The number of nitrogens with zero attached hydrogens (tertiary/aromatic N) is 2. The van der Waals surface area contributed by atoms with Crippen molar-refractivity contribution < 1.29 is 18.0 Å². The molecule has 0 aliphatic carbocycles. The van der Waals surface area contributed by atoms with Gasteiger partial charge in [0.1, 0.15) is 12.6 Å². The van der Waals surface area contributed by atoms with Crippen molar-refractivity contribution >= 4 is 50.7 Å². The van der Waals surface area contributed by atoms with Crippen molar-refractivity contribution in [2.45, 2.75) is 65.1 Å². The summed E-state index contributed by atoms with van der Waals surface area (Å²) in [5.41, 5.74) is 3.53. The van der Waals surface area contributed by atoms with E-state index in [2.05, 4.69) is 5.32 Å². The highest BCUT2D eigenvalue weighted by Gasteiger charge is 2.33. The molecule has 0 aromatic heterocycles. The predicted octanol–water partition coefficient (Wildman–Crippen LogP) is 6.06. The van der Waals surface area contributed by atoms with Gasteiger partial charge in [0, 0.05) is 22.6 Å². The van der Waals surface area contributed by atoms with E-state index < -0.39 is 28.5 Å². The van der Waals surface area contributed by atoms with Crippen LogP contribution in [0.4, 0.5) is 5.69 Å². The number of rotatable bonds is 10. The molecule has 0 unspecified atom stereocenters. The van der Waals surface area contributed by atoms with Gasteiger partial charge in [0.05, 0.1) is 10.6 Å². The van der Waals surface area contributed by atoms with Gasteiger partial charge in [-0.25, -0.2) is 8.42 Å². The van der Waals surface area contributed by atoms with Crippen LogP contribution in [0.25, 0.3) is 0 Å². The number of benzene rings is 3. The molecule has 0 bridgehead atoms.